The van der Waals surface area contributed by atoms with Gasteiger partial charge in [-0.1, -0.05) is 0 Å². The zero-order valence-electron chi connectivity index (χ0n) is 6.82. The first kappa shape index (κ1) is 9.12. The third-order valence-electron chi connectivity index (χ3n) is 1.45. The minimum Gasteiger partial charge on any atom is -0.350 e. The molecule has 1 N–H and O–H groups in total. The Labute approximate surface area is 76.4 Å². The van der Waals surface area contributed by atoms with Crippen LogP contribution in [-0.2, 0) is 7.05 Å². The van der Waals surface area contributed by atoms with Gasteiger partial charge in [-0.25, -0.2) is 4.98 Å². The standard InChI is InChI=1S/C7H11N3OS/c1-10-5-8-4-6(10)7(11)9-2-3-12/h4-5,12H,2-3H2,1H3,(H,9,11). The monoisotopic (exact) mass is 185 g/mol. The number of aryl methyl sites for hydroxylation is 1. The van der Waals surface area contributed by atoms with Gasteiger partial charge >= 0.3 is 0 Å². The first-order valence-electron chi connectivity index (χ1n) is 3.61. The summed E-state index contributed by atoms with van der Waals surface area (Å²) in [5.74, 6) is 0.535. The second-order valence-corrected chi connectivity index (χ2v) is 2.82. The molecule has 5 heteroatoms. The number of imidazole rings is 1. The summed E-state index contributed by atoms with van der Waals surface area (Å²) in [5, 5.41) is 2.70. The van der Waals surface area contributed by atoms with E-state index in [4.69, 9.17) is 0 Å². The van der Waals surface area contributed by atoms with Gasteiger partial charge in [-0.2, -0.15) is 12.6 Å². The molecule has 0 fully saturated rings. The molecule has 1 rings (SSSR count). The molecule has 0 aliphatic rings. The predicted molar refractivity (Wildman–Crippen MR) is 49.4 cm³/mol. The summed E-state index contributed by atoms with van der Waals surface area (Å²) in [6.45, 7) is 0.577. The van der Waals surface area contributed by atoms with Gasteiger partial charge in [-0.15, -0.1) is 0 Å². The Balaban J connectivity index is 2.59. The normalized spacial score (nSPS) is 9.83. The minimum absolute atomic E-state index is 0.107. The summed E-state index contributed by atoms with van der Waals surface area (Å²) in [6, 6.07) is 0. The molecule has 0 radical (unpaired) electrons. The summed E-state index contributed by atoms with van der Waals surface area (Å²) in [4.78, 5) is 15.1. The van der Waals surface area contributed by atoms with Crippen LogP contribution in [0.25, 0.3) is 0 Å². The van der Waals surface area contributed by atoms with Gasteiger partial charge in [0.05, 0.1) is 12.5 Å². The van der Waals surface area contributed by atoms with Crippen LogP contribution in [0.5, 0.6) is 0 Å². The van der Waals surface area contributed by atoms with Crippen LogP contribution in [0.4, 0.5) is 0 Å². The lowest BCUT2D eigenvalue weighted by Crippen LogP contribution is -2.26. The topological polar surface area (TPSA) is 46.9 Å². The van der Waals surface area contributed by atoms with Crippen LogP contribution in [0.15, 0.2) is 12.5 Å². The summed E-state index contributed by atoms with van der Waals surface area (Å²) >= 11 is 3.98. The lowest BCUT2D eigenvalue weighted by molar-refractivity contribution is 0.0948. The van der Waals surface area contributed by atoms with Crippen LogP contribution >= 0.6 is 12.6 Å². The maximum atomic E-state index is 11.3. The zero-order chi connectivity index (χ0) is 8.97. The first-order valence-corrected chi connectivity index (χ1v) is 4.24. The van der Waals surface area contributed by atoms with Crippen LogP contribution < -0.4 is 5.32 Å². The third kappa shape index (κ3) is 2.01. The van der Waals surface area contributed by atoms with Crippen LogP contribution in [0, 0.1) is 0 Å². The highest BCUT2D eigenvalue weighted by Crippen LogP contribution is 1.94. The van der Waals surface area contributed by atoms with E-state index in [1.54, 1.807) is 17.9 Å². The predicted octanol–water partition coefficient (Wildman–Crippen LogP) is 0.0797. The molecule has 0 saturated heterocycles. The van der Waals surface area contributed by atoms with Gasteiger partial charge in [-0.3, -0.25) is 4.79 Å². The second-order valence-electron chi connectivity index (χ2n) is 2.37. The number of aromatic nitrogens is 2. The highest BCUT2D eigenvalue weighted by Gasteiger charge is 2.07. The van der Waals surface area contributed by atoms with Gasteiger partial charge in [0.1, 0.15) is 5.69 Å². The van der Waals surface area contributed by atoms with E-state index >= 15 is 0 Å². The molecule has 1 aromatic rings. The minimum atomic E-state index is -0.107. The van der Waals surface area contributed by atoms with Crippen LogP contribution in [0.2, 0.25) is 0 Å². The van der Waals surface area contributed by atoms with E-state index in [9.17, 15) is 4.79 Å². The van der Waals surface area contributed by atoms with Crippen molar-refractivity contribution >= 4 is 18.5 Å². The number of nitrogens with zero attached hydrogens (tertiary/aromatic N) is 2. The highest BCUT2D eigenvalue weighted by molar-refractivity contribution is 7.80. The summed E-state index contributed by atoms with van der Waals surface area (Å²) in [7, 11) is 1.78. The molecule has 4 nitrogen and oxygen atoms in total. The number of rotatable bonds is 3. The first-order chi connectivity index (χ1) is 5.75. The van der Waals surface area contributed by atoms with Gasteiger partial charge in [0.2, 0.25) is 0 Å². The molecule has 0 saturated carbocycles. The van der Waals surface area contributed by atoms with Crippen molar-refractivity contribution in [3.05, 3.63) is 18.2 Å². The van der Waals surface area contributed by atoms with Gasteiger partial charge in [-0.05, 0) is 0 Å². The van der Waals surface area contributed by atoms with E-state index in [2.05, 4.69) is 22.9 Å². The third-order valence-corrected chi connectivity index (χ3v) is 1.67. The van der Waals surface area contributed by atoms with Crippen molar-refractivity contribution in [2.75, 3.05) is 12.3 Å². The fourth-order valence-corrected chi connectivity index (χ4v) is 0.948. The number of thiol groups is 1. The van der Waals surface area contributed by atoms with Gasteiger partial charge in [0.15, 0.2) is 0 Å². The van der Waals surface area contributed by atoms with Crippen LogP contribution in [0.3, 0.4) is 0 Å². The average Bonchev–Trinajstić information content (AvgIpc) is 2.47. The smallest absolute Gasteiger partial charge is 0.269 e. The van der Waals surface area contributed by atoms with Crippen molar-refractivity contribution in [1.82, 2.24) is 14.9 Å². The van der Waals surface area contributed by atoms with E-state index in [0.29, 0.717) is 18.0 Å². The van der Waals surface area contributed by atoms with E-state index < -0.39 is 0 Å². The Kier molecular flexibility index (Phi) is 3.16. The summed E-state index contributed by atoms with van der Waals surface area (Å²) < 4.78 is 1.67. The van der Waals surface area contributed by atoms with Crippen molar-refractivity contribution in [3.63, 3.8) is 0 Å². The van der Waals surface area contributed by atoms with Crippen molar-refractivity contribution in [1.29, 1.82) is 0 Å². The molecular formula is C7H11N3OS. The molecule has 1 heterocycles. The lowest BCUT2D eigenvalue weighted by Gasteiger charge is -2.02. The number of amides is 1. The largest absolute Gasteiger partial charge is 0.350 e. The molecule has 0 spiro atoms. The Morgan fingerprint density at radius 2 is 2.58 bits per heavy atom. The molecular weight excluding hydrogens is 174 g/mol. The number of carbonyl (C=O) groups excluding carboxylic acids is 1. The van der Waals surface area contributed by atoms with E-state index in [-0.39, 0.29) is 5.91 Å². The molecule has 0 aliphatic carbocycles. The maximum Gasteiger partial charge on any atom is 0.269 e. The van der Waals surface area contributed by atoms with Crippen molar-refractivity contribution in [3.8, 4) is 0 Å². The quantitative estimate of drug-likeness (QED) is 0.655. The van der Waals surface area contributed by atoms with Gasteiger partial charge in [0, 0.05) is 19.3 Å². The number of hydrogen-bond acceptors (Lipinski definition) is 3. The highest BCUT2D eigenvalue weighted by atomic mass is 32.1. The number of nitrogens with one attached hydrogen (secondary N) is 1. The lowest BCUT2D eigenvalue weighted by atomic mass is 10.4. The number of carbonyl (C=O) groups is 1. The van der Waals surface area contributed by atoms with E-state index in [0.717, 1.165) is 0 Å². The molecule has 12 heavy (non-hydrogen) atoms. The molecule has 0 bridgehead atoms. The summed E-state index contributed by atoms with van der Waals surface area (Å²) in [6.07, 6.45) is 3.13. The molecule has 0 atom stereocenters. The van der Waals surface area contributed by atoms with Crippen LogP contribution in [0.1, 0.15) is 10.5 Å². The van der Waals surface area contributed by atoms with E-state index in [1.807, 2.05) is 0 Å². The Morgan fingerprint density at radius 1 is 1.83 bits per heavy atom. The molecule has 1 aromatic heterocycles. The van der Waals surface area contributed by atoms with E-state index in [1.165, 1.54) is 6.20 Å². The fraction of sp³-hybridized carbons (Fsp3) is 0.429. The van der Waals surface area contributed by atoms with Crippen molar-refractivity contribution < 1.29 is 4.79 Å². The van der Waals surface area contributed by atoms with Crippen LogP contribution in [-0.4, -0.2) is 27.8 Å². The number of hydrogen-bond donors (Lipinski definition) is 2. The molecule has 0 aliphatic heterocycles. The molecule has 0 unspecified atom stereocenters. The Hall–Kier alpha value is -0.970. The average molecular weight is 185 g/mol. The second kappa shape index (κ2) is 4.15. The van der Waals surface area contributed by atoms with Crippen molar-refractivity contribution in [2.24, 2.45) is 7.05 Å². The Bertz CT molecular complexity index is 271. The zero-order valence-corrected chi connectivity index (χ0v) is 7.71. The SMILES string of the molecule is Cn1cncc1C(=O)NCCS. The summed E-state index contributed by atoms with van der Waals surface area (Å²) in [5.41, 5.74) is 0.566. The van der Waals surface area contributed by atoms with Gasteiger partial charge < -0.3 is 9.88 Å². The molecule has 0 aromatic carbocycles. The fourth-order valence-electron chi connectivity index (χ4n) is 0.836. The molecule has 66 valence electrons. The van der Waals surface area contributed by atoms with Crippen molar-refractivity contribution in [2.45, 2.75) is 0 Å². The molecule has 1 amide bonds. The maximum absolute atomic E-state index is 11.3. The van der Waals surface area contributed by atoms with Gasteiger partial charge in [0.25, 0.3) is 5.91 Å². The Morgan fingerprint density at radius 3 is 3.08 bits per heavy atom.